The summed E-state index contributed by atoms with van der Waals surface area (Å²) in [7, 11) is 0. The van der Waals surface area contributed by atoms with Crippen LogP contribution in [0.3, 0.4) is 0 Å². The zero-order valence-corrected chi connectivity index (χ0v) is 26.7. The summed E-state index contributed by atoms with van der Waals surface area (Å²) in [6.07, 6.45) is 36.0. The van der Waals surface area contributed by atoms with Crippen LogP contribution < -0.4 is 0 Å². The van der Waals surface area contributed by atoms with Crippen LogP contribution >= 0.6 is 0 Å². The van der Waals surface area contributed by atoms with E-state index in [4.69, 9.17) is 0 Å². The van der Waals surface area contributed by atoms with Gasteiger partial charge in [-0.15, -0.1) is 0 Å². The minimum absolute atomic E-state index is 0.269. The molecule has 1 aliphatic carbocycles. The van der Waals surface area contributed by atoms with Crippen LogP contribution in [0.15, 0.2) is 58.7 Å². The number of carbonyl (C=O) groups excluding carboxylic acids is 1. The van der Waals surface area contributed by atoms with Gasteiger partial charge in [0.1, 0.15) is 0 Å². The Morgan fingerprint density at radius 3 is 1.84 bits per heavy atom. The molecule has 1 atom stereocenters. The average Bonchev–Trinajstić information content (AvgIpc) is 2.89. The molecule has 1 heteroatoms. The third-order valence-corrected chi connectivity index (χ3v) is 7.62. The maximum Gasteiger partial charge on any atom is 0.155 e. The predicted molar refractivity (Wildman–Crippen MR) is 173 cm³/mol. The molecule has 1 unspecified atom stereocenters. The van der Waals surface area contributed by atoms with E-state index in [0.29, 0.717) is 12.3 Å². The number of rotatable bonds is 20. The zero-order chi connectivity index (χ0) is 28.4. The summed E-state index contributed by atoms with van der Waals surface area (Å²) in [5.74, 6) is 0.944. The maximum atomic E-state index is 12.3. The van der Waals surface area contributed by atoms with Crippen LogP contribution in [0, 0.1) is 5.92 Å². The van der Waals surface area contributed by atoms with E-state index in [-0.39, 0.29) is 5.78 Å². The molecule has 0 fully saturated rings. The zero-order valence-electron chi connectivity index (χ0n) is 26.7. The monoisotopic (exact) mass is 524 g/mol. The van der Waals surface area contributed by atoms with Gasteiger partial charge >= 0.3 is 0 Å². The SMILES string of the molecule is CC.CCCCCCCCCCCCCCCCC(=O)/C=C(C)/C=C/C=C(C)/C=C/C1=C(C)CCCC1C. The number of hydrogen-bond donors (Lipinski definition) is 0. The highest BCUT2D eigenvalue weighted by Crippen LogP contribution is 2.30. The van der Waals surface area contributed by atoms with Gasteiger partial charge in [-0.3, -0.25) is 4.79 Å². The second-order valence-electron chi connectivity index (χ2n) is 11.3. The molecule has 0 aliphatic heterocycles. The Labute approximate surface area is 239 Å². The summed E-state index contributed by atoms with van der Waals surface area (Å²) < 4.78 is 0. The molecule has 0 aromatic carbocycles. The van der Waals surface area contributed by atoms with Gasteiger partial charge in [-0.05, 0) is 69.6 Å². The standard InChI is InChI=1S/C35H58O.C2H6/c1-6-7-8-9-10-11-12-13-14-15-16-17-18-19-26-34(36)29-31(3)23-20-22-30(2)27-28-35-32(4)24-21-25-33(35)5;1-2/h20,22-23,27-29,32H,6-19,21,24-26H2,1-5H3;1-2H3/b23-20+,28-27+,30-22+,31-29+;. The molecule has 0 radical (unpaired) electrons. The van der Waals surface area contributed by atoms with Crippen molar-refractivity contribution in [3.8, 4) is 0 Å². The Bertz CT molecular complexity index is 743. The number of carbonyl (C=O) groups is 1. The van der Waals surface area contributed by atoms with Gasteiger partial charge in [-0.1, -0.05) is 153 Å². The molecular weight excluding hydrogens is 460 g/mol. The molecule has 1 nitrogen and oxygen atoms in total. The first-order chi connectivity index (χ1) is 18.4. The fraction of sp³-hybridized carbons (Fsp3) is 0.703. The first kappa shape index (κ1) is 36.4. The fourth-order valence-electron chi connectivity index (χ4n) is 5.20. The quantitative estimate of drug-likeness (QED) is 0.0879. The molecular formula is C37H64O. The molecule has 0 spiro atoms. The van der Waals surface area contributed by atoms with Crippen LogP contribution in [0.5, 0.6) is 0 Å². The average molecular weight is 525 g/mol. The van der Waals surface area contributed by atoms with Crippen molar-refractivity contribution in [3.05, 3.63) is 58.7 Å². The summed E-state index contributed by atoms with van der Waals surface area (Å²) in [4.78, 5) is 12.3. The van der Waals surface area contributed by atoms with Crippen molar-refractivity contribution in [1.29, 1.82) is 0 Å². The van der Waals surface area contributed by atoms with Crippen LogP contribution in [-0.4, -0.2) is 5.78 Å². The van der Waals surface area contributed by atoms with E-state index in [0.717, 1.165) is 12.0 Å². The fourth-order valence-corrected chi connectivity index (χ4v) is 5.20. The minimum Gasteiger partial charge on any atom is -0.295 e. The van der Waals surface area contributed by atoms with Crippen molar-refractivity contribution in [2.24, 2.45) is 5.92 Å². The van der Waals surface area contributed by atoms with E-state index in [1.807, 2.05) is 32.9 Å². The van der Waals surface area contributed by atoms with Gasteiger partial charge in [-0.25, -0.2) is 0 Å². The summed E-state index contributed by atoms with van der Waals surface area (Å²) >= 11 is 0. The lowest BCUT2D eigenvalue weighted by atomic mass is 9.84. The maximum absolute atomic E-state index is 12.3. The van der Waals surface area contributed by atoms with E-state index in [2.05, 4.69) is 52.0 Å². The highest BCUT2D eigenvalue weighted by atomic mass is 16.1. The lowest BCUT2D eigenvalue weighted by Gasteiger charge is -2.22. The van der Waals surface area contributed by atoms with Gasteiger partial charge in [-0.2, -0.15) is 0 Å². The van der Waals surface area contributed by atoms with Gasteiger partial charge in [0.05, 0.1) is 0 Å². The number of ketones is 1. The van der Waals surface area contributed by atoms with Crippen molar-refractivity contribution in [3.63, 3.8) is 0 Å². The Balaban J connectivity index is 0.00000667. The highest BCUT2D eigenvalue weighted by molar-refractivity contribution is 5.90. The first-order valence-corrected chi connectivity index (χ1v) is 16.4. The van der Waals surface area contributed by atoms with E-state index >= 15 is 0 Å². The molecule has 1 aliphatic rings. The molecule has 218 valence electrons. The molecule has 1 rings (SSSR count). The van der Waals surface area contributed by atoms with E-state index in [1.54, 1.807) is 5.57 Å². The van der Waals surface area contributed by atoms with Crippen LogP contribution in [0.25, 0.3) is 0 Å². The van der Waals surface area contributed by atoms with Crippen molar-refractivity contribution in [1.82, 2.24) is 0 Å². The Kier molecular flexibility index (Phi) is 24.5. The minimum atomic E-state index is 0.269. The number of unbranched alkanes of at least 4 members (excludes halogenated alkanes) is 13. The normalized spacial score (nSPS) is 16.9. The van der Waals surface area contributed by atoms with E-state index < -0.39 is 0 Å². The van der Waals surface area contributed by atoms with Gasteiger partial charge in [0.2, 0.25) is 0 Å². The number of hydrogen-bond acceptors (Lipinski definition) is 1. The lowest BCUT2D eigenvalue weighted by Crippen LogP contribution is -2.06. The van der Waals surface area contributed by atoms with Gasteiger partial charge in [0.25, 0.3) is 0 Å². The van der Waals surface area contributed by atoms with Gasteiger partial charge in [0, 0.05) is 6.42 Å². The van der Waals surface area contributed by atoms with Crippen LogP contribution in [0.1, 0.15) is 164 Å². The van der Waals surface area contributed by atoms with Crippen LogP contribution in [0.4, 0.5) is 0 Å². The van der Waals surface area contributed by atoms with E-state index in [1.165, 1.54) is 114 Å². The first-order valence-electron chi connectivity index (χ1n) is 16.4. The Hall–Kier alpha value is -1.63. The van der Waals surface area contributed by atoms with Crippen molar-refractivity contribution >= 4 is 5.78 Å². The molecule has 0 aromatic heterocycles. The molecule has 0 bridgehead atoms. The summed E-state index contributed by atoms with van der Waals surface area (Å²) in [5.41, 5.74) is 5.34. The summed E-state index contributed by atoms with van der Waals surface area (Å²) in [6.45, 7) is 15.1. The molecule has 0 N–H and O–H groups in total. The summed E-state index contributed by atoms with van der Waals surface area (Å²) in [6, 6.07) is 0. The van der Waals surface area contributed by atoms with Crippen molar-refractivity contribution in [2.75, 3.05) is 0 Å². The predicted octanol–water partition coefficient (Wildman–Crippen LogP) is 12.6. The second-order valence-corrected chi connectivity index (χ2v) is 11.3. The Morgan fingerprint density at radius 2 is 1.32 bits per heavy atom. The van der Waals surface area contributed by atoms with Crippen LogP contribution in [-0.2, 0) is 4.79 Å². The van der Waals surface area contributed by atoms with Crippen molar-refractivity contribution in [2.45, 2.75) is 164 Å². The second kappa shape index (κ2) is 25.6. The molecule has 0 aromatic rings. The third kappa shape index (κ3) is 20.3. The summed E-state index contributed by atoms with van der Waals surface area (Å²) in [5, 5.41) is 0. The van der Waals surface area contributed by atoms with Gasteiger partial charge in [0.15, 0.2) is 5.78 Å². The molecule has 0 saturated carbocycles. The number of allylic oxidation sites excluding steroid dienone is 10. The smallest absolute Gasteiger partial charge is 0.155 e. The van der Waals surface area contributed by atoms with Crippen molar-refractivity contribution < 1.29 is 4.79 Å². The van der Waals surface area contributed by atoms with Gasteiger partial charge < -0.3 is 0 Å². The molecule has 0 amide bonds. The van der Waals surface area contributed by atoms with Crippen LogP contribution in [0.2, 0.25) is 0 Å². The molecule has 0 heterocycles. The third-order valence-electron chi connectivity index (χ3n) is 7.62. The topological polar surface area (TPSA) is 17.1 Å². The molecule has 0 saturated heterocycles. The highest BCUT2D eigenvalue weighted by Gasteiger charge is 2.14. The Morgan fingerprint density at radius 1 is 0.789 bits per heavy atom. The van der Waals surface area contributed by atoms with E-state index in [9.17, 15) is 4.79 Å². The largest absolute Gasteiger partial charge is 0.295 e. The lowest BCUT2D eigenvalue weighted by molar-refractivity contribution is -0.114. The molecule has 38 heavy (non-hydrogen) atoms.